The van der Waals surface area contributed by atoms with Crippen molar-refractivity contribution in [3.8, 4) is 5.75 Å². The van der Waals surface area contributed by atoms with Gasteiger partial charge < -0.3 is 15.4 Å². The van der Waals surface area contributed by atoms with Gasteiger partial charge in [-0.05, 0) is 61.4 Å². The van der Waals surface area contributed by atoms with Crippen LogP contribution >= 0.6 is 0 Å². The second-order valence-electron chi connectivity index (χ2n) is 6.83. The number of nitrogens with two attached hydrogens (primary N) is 1. The van der Waals surface area contributed by atoms with Crippen LogP contribution in [-0.2, 0) is 6.42 Å². The van der Waals surface area contributed by atoms with Crippen molar-refractivity contribution in [2.75, 3.05) is 25.9 Å². The maximum absolute atomic E-state index is 12.8. The highest BCUT2D eigenvalue weighted by molar-refractivity contribution is 5.96. The van der Waals surface area contributed by atoms with E-state index in [1.165, 1.54) is 5.56 Å². The Kier molecular flexibility index (Phi) is 5.27. The fourth-order valence-corrected chi connectivity index (χ4v) is 3.56. The standard InChI is InChI=1S/C21H26N2O2/c1-15-7-8-18(22)14-19(15)21(24)23-11-9-16(10-12-23)13-17-5-3-4-6-20(17)25-2/h3-8,14,16H,9-13,22H2,1-2H3. The molecule has 0 radical (unpaired) electrons. The van der Waals surface area contributed by atoms with Crippen LogP contribution in [0.4, 0.5) is 5.69 Å². The average molecular weight is 338 g/mol. The molecule has 25 heavy (non-hydrogen) atoms. The lowest BCUT2D eigenvalue weighted by atomic mass is 9.89. The van der Waals surface area contributed by atoms with Crippen LogP contribution in [0.25, 0.3) is 0 Å². The Morgan fingerprint density at radius 1 is 1.20 bits per heavy atom. The van der Waals surface area contributed by atoms with Gasteiger partial charge in [0, 0.05) is 24.3 Å². The number of carbonyl (C=O) groups excluding carboxylic acids is 1. The molecule has 3 rings (SSSR count). The fourth-order valence-electron chi connectivity index (χ4n) is 3.56. The molecule has 1 heterocycles. The first-order valence-electron chi connectivity index (χ1n) is 8.85. The molecule has 4 nitrogen and oxygen atoms in total. The molecule has 132 valence electrons. The monoisotopic (exact) mass is 338 g/mol. The van der Waals surface area contributed by atoms with E-state index in [2.05, 4.69) is 12.1 Å². The van der Waals surface area contributed by atoms with Crippen LogP contribution in [0.5, 0.6) is 5.75 Å². The Morgan fingerprint density at radius 2 is 1.92 bits per heavy atom. The van der Waals surface area contributed by atoms with E-state index in [4.69, 9.17) is 10.5 Å². The van der Waals surface area contributed by atoms with Gasteiger partial charge in [-0.3, -0.25) is 4.79 Å². The van der Waals surface area contributed by atoms with Gasteiger partial charge in [0.1, 0.15) is 5.75 Å². The molecule has 1 saturated heterocycles. The van der Waals surface area contributed by atoms with Gasteiger partial charge in [-0.15, -0.1) is 0 Å². The van der Waals surface area contributed by atoms with Crippen LogP contribution in [0.1, 0.15) is 34.3 Å². The zero-order chi connectivity index (χ0) is 17.8. The summed E-state index contributed by atoms with van der Waals surface area (Å²) < 4.78 is 5.45. The maximum Gasteiger partial charge on any atom is 0.254 e. The Bertz CT molecular complexity index is 749. The summed E-state index contributed by atoms with van der Waals surface area (Å²) in [5.41, 5.74) is 9.44. The Morgan fingerprint density at radius 3 is 2.64 bits per heavy atom. The highest BCUT2D eigenvalue weighted by Crippen LogP contribution is 2.27. The lowest BCUT2D eigenvalue weighted by Crippen LogP contribution is -2.39. The van der Waals surface area contributed by atoms with E-state index in [9.17, 15) is 4.79 Å². The summed E-state index contributed by atoms with van der Waals surface area (Å²) in [6.07, 6.45) is 3.04. The molecule has 2 aromatic rings. The number of rotatable bonds is 4. The first-order chi connectivity index (χ1) is 12.1. The predicted octanol–water partition coefficient (Wildman–Crippen LogP) is 3.68. The van der Waals surface area contributed by atoms with Gasteiger partial charge in [0.15, 0.2) is 0 Å². The van der Waals surface area contributed by atoms with Gasteiger partial charge in [0.05, 0.1) is 7.11 Å². The number of methoxy groups -OCH3 is 1. The minimum atomic E-state index is 0.0977. The van der Waals surface area contributed by atoms with E-state index in [0.717, 1.165) is 49.2 Å². The van der Waals surface area contributed by atoms with Crippen LogP contribution in [0.2, 0.25) is 0 Å². The molecule has 1 fully saturated rings. The van der Waals surface area contributed by atoms with Gasteiger partial charge in [-0.1, -0.05) is 24.3 Å². The number of carbonyl (C=O) groups is 1. The van der Waals surface area contributed by atoms with Crippen LogP contribution < -0.4 is 10.5 Å². The summed E-state index contributed by atoms with van der Waals surface area (Å²) in [5.74, 6) is 1.64. The number of nitrogen functional groups attached to an aromatic ring is 1. The molecule has 0 saturated carbocycles. The smallest absolute Gasteiger partial charge is 0.254 e. The van der Waals surface area contributed by atoms with Crippen LogP contribution in [0.15, 0.2) is 42.5 Å². The van der Waals surface area contributed by atoms with Crippen molar-refractivity contribution in [3.63, 3.8) is 0 Å². The normalized spacial score (nSPS) is 15.2. The molecule has 2 aromatic carbocycles. The topological polar surface area (TPSA) is 55.6 Å². The van der Waals surface area contributed by atoms with Gasteiger partial charge in [-0.25, -0.2) is 0 Å². The fraction of sp³-hybridized carbons (Fsp3) is 0.381. The Hall–Kier alpha value is -2.49. The van der Waals surface area contributed by atoms with E-state index in [1.54, 1.807) is 13.2 Å². The lowest BCUT2D eigenvalue weighted by molar-refractivity contribution is 0.0689. The number of benzene rings is 2. The lowest BCUT2D eigenvalue weighted by Gasteiger charge is -2.32. The number of para-hydroxylation sites is 1. The Labute approximate surface area is 149 Å². The first-order valence-corrected chi connectivity index (χ1v) is 8.85. The third-order valence-corrected chi connectivity index (χ3v) is 5.09. The maximum atomic E-state index is 12.8. The number of amides is 1. The van der Waals surface area contributed by atoms with Crippen LogP contribution in [0.3, 0.4) is 0 Å². The van der Waals surface area contributed by atoms with Crippen molar-refractivity contribution in [2.45, 2.75) is 26.2 Å². The van der Waals surface area contributed by atoms with E-state index < -0.39 is 0 Å². The van der Waals surface area contributed by atoms with E-state index >= 15 is 0 Å². The zero-order valence-corrected chi connectivity index (χ0v) is 15.0. The largest absolute Gasteiger partial charge is 0.496 e. The molecule has 1 aliphatic rings. The molecule has 0 atom stereocenters. The summed E-state index contributed by atoms with van der Waals surface area (Å²) in [6, 6.07) is 13.7. The number of nitrogens with zero attached hydrogens (tertiary/aromatic N) is 1. The summed E-state index contributed by atoms with van der Waals surface area (Å²) >= 11 is 0. The number of hydrogen-bond donors (Lipinski definition) is 1. The minimum Gasteiger partial charge on any atom is -0.496 e. The summed E-state index contributed by atoms with van der Waals surface area (Å²) in [7, 11) is 1.72. The van der Waals surface area contributed by atoms with E-state index in [1.807, 2.05) is 36.1 Å². The average Bonchev–Trinajstić information content (AvgIpc) is 2.64. The summed E-state index contributed by atoms with van der Waals surface area (Å²) in [4.78, 5) is 14.7. The molecule has 4 heteroatoms. The first kappa shape index (κ1) is 17.3. The number of anilines is 1. The van der Waals surface area contributed by atoms with Crippen molar-refractivity contribution < 1.29 is 9.53 Å². The van der Waals surface area contributed by atoms with Crippen molar-refractivity contribution in [2.24, 2.45) is 5.92 Å². The minimum absolute atomic E-state index is 0.0977. The molecule has 0 unspecified atom stereocenters. The van der Waals surface area contributed by atoms with E-state index in [-0.39, 0.29) is 5.91 Å². The second kappa shape index (κ2) is 7.60. The summed E-state index contributed by atoms with van der Waals surface area (Å²) in [6.45, 7) is 3.56. The van der Waals surface area contributed by atoms with Gasteiger partial charge >= 0.3 is 0 Å². The van der Waals surface area contributed by atoms with Crippen LogP contribution in [-0.4, -0.2) is 31.0 Å². The zero-order valence-electron chi connectivity index (χ0n) is 15.0. The number of ether oxygens (including phenoxy) is 1. The van der Waals surface area contributed by atoms with Crippen molar-refractivity contribution >= 4 is 11.6 Å². The number of aryl methyl sites for hydroxylation is 1. The molecule has 0 aromatic heterocycles. The van der Waals surface area contributed by atoms with Gasteiger partial charge in [-0.2, -0.15) is 0 Å². The Balaban J connectivity index is 1.62. The van der Waals surface area contributed by atoms with Crippen molar-refractivity contribution in [1.29, 1.82) is 0 Å². The number of likely N-dealkylation sites (tertiary alicyclic amines) is 1. The molecule has 1 amide bonds. The van der Waals surface area contributed by atoms with Gasteiger partial charge in [0.25, 0.3) is 5.91 Å². The molecule has 0 aliphatic carbocycles. The van der Waals surface area contributed by atoms with Crippen molar-refractivity contribution in [3.05, 3.63) is 59.2 Å². The highest BCUT2D eigenvalue weighted by Gasteiger charge is 2.25. The molecule has 0 spiro atoms. The summed E-state index contributed by atoms with van der Waals surface area (Å²) in [5, 5.41) is 0. The quantitative estimate of drug-likeness (QED) is 0.865. The molecular formula is C21H26N2O2. The predicted molar refractivity (Wildman–Crippen MR) is 101 cm³/mol. The van der Waals surface area contributed by atoms with Gasteiger partial charge in [0.2, 0.25) is 0 Å². The molecule has 2 N–H and O–H groups in total. The third-order valence-electron chi connectivity index (χ3n) is 5.09. The molecular weight excluding hydrogens is 312 g/mol. The number of hydrogen-bond acceptors (Lipinski definition) is 3. The van der Waals surface area contributed by atoms with Crippen molar-refractivity contribution in [1.82, 2.24) is 4.90 Å². The number of piperidine rings is 1. The SMILES string of the molecule is COc1ccccc1CC1CCN(C(=O)c2cc(N)ccc2C)CC1. The second-order valence-corrected chi connectivity index (χ2v) is 6.83. The molecule has 1 aliphatic heterocycles. The third kappa shape index (κ3) is 3.95. The highest BCUT2D eigenvalue weighted by atomic mass is 16.5. The molecule has 0 bridgehead atoms. The van der Waals surface area contributed by atoms with E-state index in [0.29, 0.717) is 11.6 Å². The van der Waals surface area contributed by atoms with Crippen LogP contribution in [0, 0.1) is 12.8 Å².